The van der Waals surface area contributed by atoms with Gasteiger partial charge >= 0.3 is 12.0 Å². The van der Waals surface area contributed by atoms with Crippen LogP contribution in [0.5, 0.6) is 0 Å². The molecule has 0 bridgehead atoms. The van der Waals surface area contributed by atoms with Gasteiger partial charge in [-0.05, 0) is 37.1 Å². The molecule has 5 nitrogen and oxygen atoms in total. The highest BCUT2D eigenvalue weighted by Gasteiger charge is 2.30. The van der Waals surface area contributed by atoms with Crippen molar-refractivity contribution in [2.75, 3.05) is 18.4 Å². The average Bonchev–Trinajstić information content (AvgIpc) is 2.76. The fourth-order valence-corrected chi connectivity index (χ4v) is 2.16. The lowest BCUT2D eigenvalue weighted by atomic mass is 10.1. The highest BCUT2D eigenvalue weighted by Crippen LogP contribution is 2.19. The minimum Gasteiger partial charge on any atom is -0.481 e. The molecule has 0 spiro atoms. The lowest BCUT2D eigenvalue weighted by molar-refractivity contribution is -0.141. The van der Waals surface area contributed by atoms with Gasteiger partial charge in [0, 0.05) is 18.8 Å². The van der Waals surface area contributed by atoms with E-state index in [0.717, 1.165) is 0 Å². The van der Waals surface area contributed by atoms with Crippen molar-refractivity contribution >= 4 is 17.7 Å². The molecule has 1 aliphatic rings. The molecule has 1 heterocycles. The molecule has 19 heavy (non-hydrogen) atoms. The molecule has 1 aliphatic heterocycles. The van der Waals surface area contributed by atoms with Crippen LogP contribution in [0.2, 0.25) is 0 Å². The Morgan fingerprint density at radius 2 is 2.16 bits per heavy atom. The Morgan fingerprint density at radius 1 is 1.42 bits per heavy atom. The monoisotopic (exact) mass is 266 g/mol. The van der Waals surface area contributed by atoms with Crippen molar-refractivity contribution in [2.45, 2.75) is 13.3 Å². The number of nitrogens with zero attached hydrogens (tertiary/aromatic N) is 1. The number of anilines is 1. The maximum atomic E-state index is 13.2. The van der Waals surface area contributed by atoms with Gasteiger partial charge in [0.1, 0.15) is 5.82 Å². The smallest absolute Gasteiger partial charge is 0.321 e. The molecule has 0 aliphatic carbocycles. The van der Waals surface area contributed by atoms with Crippen molar-refractivity contribution in [2.24, 2.45) is 5.92 Å². The molecule has 1 aromatic carbocycles. The summed E-state index contributed by atoms with van der Waals surface area (Å²) < 4.78 is 13.2. The second-order valence-electron chi connectivity index (χ2n) is 4.72. The third-order valence-electron chi connectivity index (χ3n) is 3.12. The van der Waals surface area contributed by atoms with Crippen LogP contribution in [0.15, 0.2) is 18.2 Å². The SMILES string of the molecule is Cc1cc(F)cc(NC(=O)N2CCC(C(=O)O)C2)c1. The molecule has 2 rings (SSSR count). The number of carboxylic acids is 1. The van der Waals surface area contributed by atoms with E-state index in [0.29, 0.717) is 24.2 Å². The normalized spacial score (nSPS) is 18.4. The first-order chi connectivity index (χ1) is 8.95. The van der Waals surface area contributed by atoms with Crippen molar-refractivity contribution < 1.29 is 19.1 Å². The summed E-state index contributed by atoms with van der Waals surface area (Å²) in [5.41, 5.74) is 1.08. The predicted octanol–water partition coefficient (Wildman–Crippen LogP) is 2.07. The van der Waals surface area contributed by atoms with E-state index in [1.165, 1.54) is 17.0 Å². The van der Waals surface area contributed by atoms with Crippen LogP contribution in [0, 0.1) is 18.7 Å². The van der Waals surface area contributed by atoms with Crippen LogP contribution in [0.1, 0.15) is 12.0 Å². The van der Waals surface area contributed by atoms with Crippen LogP contribution in [0.25, 0.3) is 0 Å². The van der Waals surface area contributed by atoms with Crippen LogP contribution < -0.4 is 5.32 Å². The Labute approximate surface area is 110 Å². The van der Waals surface area contributed by atoms with E-state index in [9.17, 15) is 14.0 Å². The summed E-state index contributed by atoms with van der Waals surface area (Å²) in [4.78, 5) is 24.1. The largest absolute Gasteiger partial charge is 0.481 e. The molecular formula is C13H15FN2O3. The van der Waals surface area contributed by atoms with E-state index in [4.69, 9.17) is 5.11 Å². The van der Waals surface area contributed by atoms with Gasteiger partial charge in [0.25, 0.3) is 0 Å². The van der Waals surface area contributed by atoms with Crippen molar-refractivity contribution in [3.8, 4) is 0 Å². The first kappa shape index (κ1) is 13.3. The van der Waals surface area contributed by atoms with Crippen LogP contribution in [-0.4, -0.2) is 35.1 Å². The van der Waals surface area contributed by atoms with Crippen LogP contribution in [0.4, 0.5) is 14.9 Å². The summed E-state index contributed by atoms with van der Waals surface area (Å²) in [5.74, 6) is -1.82. The Balaban J connectivity index is 2.00. The minimum absolute atomic E-state index is 0.190. The Morgan fingerprint density at radius 3 is 2.74 bits per heavy atom. The molecule has 2 N–H and O–H groups in total. The van der Waals surface area contributed by atoms with Crippen molar-refractivity contribution in [1.82, 2.24) is 4.90 Å². The van der Waals surface area contributed by atoms with E-state index in [1.54, 1.807) is 13.0 Å². The fourth-order valence-electron chi connectivity index (χ4n) is 2.16. The van der Waals surface area contributed by atoms with E-state index in [1.807, 2.05) is 0 Å². The number of aryl methyl sites for hydroxylation is 1. The number of carbonyl (C=O) groups excluding carboxylic acids is 1. The lowest BCUT2D eigenvalue weighted by Crippen LogP contribution is -2.33. The van der Waals surface area contributed by atoms with Crippen LogP contribution in [0.3, 0.4) is 0 Å². The second kappa shape index (κ2) is 5.26. The van der Waals surface area contributed by atoms with Crippen molar-refractivity contribution in [3.63, 3.8) is 0 Å². The molecule has 2 amide bonds. The second-order valence-corrected chi connectivity index (χ2v) is 4.72. The molecular weight excluding hydrogens is 251 g/mol. The van der Waals surface area contributed by atoms with Crippen LogP contribution >= 0.6 is 0 Å². The first-order valence-corrected chi connectivity index (χ1v) is 6.01. The standard InChI is InChI=1S/C13H15FN2O3/c1-8-4-10(14)6-11(5-8)15-13(19)16-3-2-9(7-16)12(17)18/h4-6,9H,2-3,7H2,1H3,(H,15,19)(H,17,18). The number of carbonyl (C=O) groups is 2. The summed E-state index contributed by atoms with van der Waals surface area (Å²) in [5, 5.41) is 11.4. The number of benzene rings is 1. The highest BCUT2D eigenvalue weighted by molar-refractivity contribution is 5.90. The Hall–Kier alpha value is -2.11. The van der Waals surface area contributed by atoms with Crippen molar-refractivity contribution in [1.29, 1.82) is 0 Å². The first-order valence-electron chi connectivity index (χ1n) is 6.01. The highest BCUT2D eigenvalue weighted by atomic mass is 19.1. The van der Waals surface area contributed by atoms with E-state index in [-0.39, 0.29) is 6.54 Å². The topological polar surface area (TPSA) is 69.6 Å². The van der Waals surface area contributed by atoms with E-state index < -0.39 is 23.7 Å². The molecule has 0 radical (unpaired) electrons. The predicted molar refractivity (Wildman–Crippen MR) is 67.5 cm³/mol. The van der Waals surface area contributed by atoms with Crippen LogP contribution in [-0.2, 0) is 4.79 Å². The summed E-state index contributed by atoms with van der Waals surface area (Å²) >= 11 is 0. The number of carboxylic acid groups (broad SMARTS) is 1. The summed E-state index contributed by atoms with van der Waals surface area (Å²) in [6, 6.07) is 3.86. The Bertz CT molecular complexity index is 498. The van der Waals surface area contributed by atoms with Gasteiger partial charge in [-0.2, -0.15) is 0 Å². The van der Waals surface area contributed by atoms with Crippen molar-refractivity contribution in [3.05, 3.63) is 29.6 Å². The van der Waals surface area contributed by atoms with Gasteiger partial charge < -0.3 is 15.3 Å². The third-order valence-corrected chi connectivity index (χ3v) is 3.12. The number of nitrogens with one attached hydrogen (secondary N) is 1. The molecule has 1 fully saturated rings. The zero-order valence-corrected chi connectivity index (χ0v) is 10.5. The van der Waals surface area contributed by atoms with Gasteiger partial charge in [0.05, 0.1) is 5.92 Å². The number of amides is 2. The molecule has 0 aromatic heterocycles. The molecule has 0 saturated carbocycles. The molecule has 1 atom stereocenters. The summed E-state index contributed by atoms with van der Waals surface area (Å²) in [6.45, 7) is 2.32. The molecule has 6 heteroatoms. The number of halogens is 1. The number of hydrogen-bond donors (Lipinski definition) is 2. The van der Waals surface area contributed by atoms with Gasteiger partial charge in [-0.25, -0.2) is 9.18 Å². The number of likely N-dealkylation sites (tertiary alicyclic amines) is 1. The number of aliphatic carboxylic acids is 1. The number of hydrogen-bond acceptors (Lipinski definition) is 2. The quantitative estimate of drug-likeness (QED) is 0.861. The van der Waals surface area contributed by atoms with Gasteiger partial charge in [-0.1, -0.05) is 0 Å². The molecule has 1 saturated heterocycles. The summed E-state index contributed by atoms with van der Waals surface area (Å²) in [7, 11) is 0. The van der Waals surface area contributed by atoms with Gasteiger partial charge in [-0.3, -0.25) is 4.79 Å². The third kappa shape index (κ3) is 3.21. The zero-order chi connectivity index (χ0) is 14.0. The zero-order valence-electron chi connectivity index (χ0n) is 10.5. The van der Waals surface area contributed by atoms with Gasteiger partial charge in [0.2, 0.25) is 0 Å². The Kier molecular flexibility index (Phi) is 3.69. The van der Waals surface area contributed by atoms with E-state index >= 15 is 0 Å². The maximum Gasteiger partial charge on any atom is 0.321 e. The van der Waals surface area contributed by atoms with E-state index in [2.05, 4.69) is 5.32 Å². The average molecular weight is 266 g/mol. The summed E-state index contributed by atoms with van der Waals surface area (Å²) in [6.07, 6.45) is 0.449. The van der Waals surface area contributed by atoms with Gasteiger partial charge in [0.15, 0.2) is 0 Å². The lowest BCUT2D eigenvalue weighted by Gasteiger charge is -2.17. The molecule has 1 aromatic rings. The number of urea groups is 1. The number of rotatable bonds is 2. The molecule has 102 valence electrons. The molecule has 1 unspecified atom stereocenters. The maximum absolute atomic E-state index is 13.2. The fraction of sp³-hybridized carbons (Fsp3) is 0.385. The minimum atomic E-state index is -0.892. The van der Waals surface area contributed by atoms with Gasteiger partial charge in [-0.15, -0.1) is 0 Å².